The first kappa shape index (κ1) is 13.1. The summed E-state index contributed by atoms with van der Waals surface area (Å²) in [5, 5.41) is 5.96. The lowest BCUT2D eigenvalue weighted by Crippen LogP contribution is -2.17. The zero-order valence-electron chi connectivity index (χ0n) is 11.1. The Labute approximate surface area is 112 Å². The Hall–Kier alpha value is -2.36. The largest absolute Gasteiger partial charge is 0.381 e. The van der Waals surface area contributed by atoms with Crippen LogP contribution in [0.4, 0.5) is 5.69 Å². The number of benzene rings is 1. The molecule has 2 N–H and O–H groups in total. The van der Waals surface area contributed by atoms with E-state index in [4.69, 9.17) is 0 Å². The lowest BCUT2D eigenvalue weighted by atomic mass is 10.1. The van der Waals surface area contributed by atoms with E-state index in [0.717, 1.165) is 16.8 Å². The number of amides is 1. The lowest BCUT2D eigenvalue weighted by Gasteiger charge is -2.10. The maximum atomic E-state index is 11.5. The maximum Gasteiger partial charge on any atom is 0.251 e. The van der Waals surface area contributed by atoms with Gasteiger partial charge in [0.15, 0.2) is 0 Å². The SMILES string of the molecule is CNC(=O)c1ccc(NCc2cccnc2)c(C)c1. The minimum absolute atomic E-state index is 0.0677. The fourth-order valence-electron chi connectivity index (χ4n) is 1.85. The van der Waals surface area contributed by atoms with Crippen molar-refractivity contribution in [1.82, 2.24) is 10.3 Å². The fourth-order valence-corrected chi connectivity index (χ4v) is 1.85. The van der Waals surface area contributed by atoms with Crippen LogP contribution >= 0.6 is 0 Å². The predicted octanol–water partition coefficient (Wildman–Crippen LogP) is 2.36. The molecule has 2 rings (SSSR count). The van der Waals surface area contributed by atoms with Crippen molar-refractivity contribution < 1.29 is 4.79 Å². The number of pyridine rings is 1. The third-order valence-corrected chi connectivity index (χ3v) is 2.92. The standard InChI is InChI=1S/C15H17N3O/c1-11-8-13(15(19)16-2)5-6-14(11)18-10-12-4-3-7-17-9-12/h3-9,18H,10H2,1-2H3,(H,16,19). The number of rotatable bonds is 4. The maximum absolute atomic E-state index is 11.5. The van der Waals surface area contributed by atoms with Crippen LogP contribution in [-0.4, -0.2) is 17.9 Å². The summed E-state index contributed by atoms with van der Waals surface area (Å²) in [6, 6.07) is 9.56. The first-order valence-corrected chi connectivity index (χ1v) is 6.16. The summed E-state index contributed by atoms with van der Waals surface area (Å²) in [7, 11) is 1.63. The van der Waals surface area contributed by atoms with E-state index in [9.17, 15) is 4.79 Å². The quantitative estimate of drug-likeness (QED) is 0.881. The molecule has 1 amide bonds. The Morgan fingerprint density at radius 3 is 2.79 bits per heavy atom. The molecule has 1 heterocycles. The second-order valence-corrected chi connectivity index (χ2v) is 4.32. The molecular formula is C15H17N3O. The van der Waals surface area contributed by atoms with Crippen molar-refractivity contribution in [2.24, 2.45) is 0 Å². The number of aromatic nitrogens is 1. The number of nitrogens with zero attached hydrogens (tertiary/aromatic N) is 1. The van der Waals surface area contributed by atoms with E-state index in [2.05, 4.69) is 15.6 Å². The Kier molecular flexibility index (Phi) is 4.13. The molecule has 4 heteroatoms. The fraction of sp³-hybridized carbons (Fsp3) is 0.200. The minimum Gasteiger partial charge on any atom is -0.381 e. The molecule has 0 fully saturated rings. The van der Waals surface area contributed by atoms with Gasteiger partial charge in [0, 0.05) is 37.2 Å². The Morgan fingerprint density at radius 2 is 2.16 bits per heavy atom. The van der Waals surface area contributed by atoms with Gasteiger partial charge in [-0.2, -0.15) is 0 Å². The highest BCUT2D eigenvalue weighted by Gasteiger charge is 2.05. The van der Waals surface area contributed by atoms with Gasteiger partial charge in [-0.15, -0.1) is 0 Å². The van der Waals surface area contributed by atoms with E-state index in [1.165, 1.54) is 0 Å². The molecule has 4 nitrogen and oxygen atoms in total. The van der Waals surface area contributed by atoms with Gasteiger partial charge in [-0.25, -0.2) is 0 Å². The van der Waals surface area contributed by atoms with E-state index in [0.29, 0.717) is 12.1 Å². The average Bonchev–Trinajstić information content (AvgIpc) is 2.46. The second-order valence-electron chi connectivity index (χ2n) is 4.32. The molecule has 0 atom stereocenters. The van der Waals surface area contributed by atoms with Gasteiger partial charge in [-0.05, 0) is 42.3 Å². The minimum atomic E-state index is -0.0677. The summed E-state index contributed by atoms with van der Waals surface area (Å²) in [6.07, 6.45) is 3.59. The summed E-state index contributed by atoms with van der Waals surface area (Å²) in [6.45, 7) is 2.70. The van der Waals surface area contributed by atoms with Gasteiger partial charge >= 0.3 is 0 Å². The zero-order chi connectivity index (χ0) is 13.7. The van der Waals surface area contributed by atoms with Crippen molar-refractivity contribution in [3.8, 4) is 0 Å². The van der Waals surface area contributed by atoms with Crippen molar-refractivity contribution in [2.75, 3.05) is 12.4 Å². The van der Waals surface area contributed by atoms with Gasteiger partial charge in [0.2, 0.25) is 0 Å². The molecular weight excluding hydrogens is 238 g/mol. The molecule has 0 saturated carbocycles. The first-order valence-electron chi connectivity index (χ1n) is 6.16. The van der Waals surface area contributed by atoms with Crippen molar-refractivity contribution in [3.63, 3.8) is 0 Å². The van der Waals surface area contributed by atoms with Gasteiger partial charge in [0.25, 0.3) is 5.91 Å². The number of anilines is 1. The van der Waals surface area contributed by atoms with E-state index in [-0.39, 0.29) is 5.91 Å². The second kappa shape index (κ2) is 6.00. The Morgan fingerprint density at radius 1 is 1.32 bits per heavy atom. The smallest absolute Gasteiger partial charge is 0.251 e. The van der Waals surface area contributed by atoms with Gasteiger partial charge in [0.1, 0.15) is 0 Å². The van der Waals surface area contributed by atoms with E-state index in [1.54, 1.807) is 13.2 Å². The third-order valence-electron chi connectivity index (χ3n) is 2.92. The molecule has 0 bridgehead atoms. The number of hydrogen-bond acceptors (Lipinski definition) is 3. The molecule has 0 aliphatic carbocycles. The monoisotopic (exact) mass is 255 g/mol. The molecule has 0 saturated heterocycles. The highest BCUT2D eigenvalue weighted by Crippen LogP contribution is 2.17. The number of carbonyl (C=O) groups excluding carboxylic acids is 1. The molecule has 98 valence electrons. The number of aryl methyl sites for hydroxylation is 1. The topological polar surface area (TPSA) is 54.0 Å². The summed E-state index contributed by atoms with van der Waals surface area (Å²) in [5.41, 5.74) is 3.87. The van der Waals surface area contributed by atoms with Crippen LogP contribution in [0.3, 0.4) is 0 Å². The van der Waals surface area contributed by atoms with Crippen molar-refractivity contribution >= 4 is 11.6 Å². The molecule has 0 radical (unpaired) electrons. The van der Waals surface area contributed by atoms with Crippen molar-refractivity contribution in [3.05, 3.63) is 59.4 Å². The predicted molar refractivity (Wildman–Crippen MR) is 76.1 cm³/mol. The molecule has 1 aromatic heterocycles. The van der Waals surface area contributed by atoms with Crippen LogP contribution in [0.2, 0.25) is 0 Å². The molecule has 19 heavy (non-hydrogen) atoms. The van der Waals surface area contributed by atoms with Gasteiger partial charge < -0.3 is 10.6 Å². The van der Waals surface area contributed by atoms with Crippen LogP contribution in [0.5, 0.6) is 0 Å². The summed E-state index contributed by atoms with van der Waals surface area (Å²) in [4.78, 5) is 15.6. The van der Waals surface area contributed by atoms with Crippen molar-refractivity contribution in [1.29, 1.82) is 0 Å². The Bertz CT molecular complexity index is 567. The van der Waals surface area contributed by atoms with Crippen LogP contribution < -0.4 is 10.6 Å². The molecule has 0 aliphatic rings. The van der Waals surface area contributed by atoms with Gasteiger partial charge in [-0.1, -0.05) is 6.07 Å². The molecule has 0 unspecified atom stereocenters. The summed E-state index contributed by atoms with van der Waals surface area (Å²) in [5.74, 6) is -0.0677. The van der Waals surface area contributed by atoms with Crippen LogP contribution in [0.1, 0.15) is 21.5 Å². The lowest BCUT2D eigenvalue weighted by molar-refractivity contribution is 0.0963. The molecule has 2 aromatic rings. The summed E-state index contributed by atoms with van der Waals surface area (Å²) < 4.78 is 0. The highest BCUT2D eigenvalue weighted by molar-refractivity contribution is 5.94. The summed E-state index contributed by atoms with van der Waals surface area (Å²) >= 11 is 0. The average molecular weight is 255 g/mol. The van der Waals surface area contributed by atoms with E-state index in [1.807, 2.05) is 43.5 Å². The third kappa shape index (κ3) is 3.31. The Balaban J connectivity index is 2.07. The van der Waals surface area contributed by atoms with Crippen LogP contribution in [0.15, 0.2) is 42.7 Å². The number of nitrogens with one attached hydrogen (secondary N) is 2. The van der Waals surface area contributed by atoms with Gasteiger partial charge in [0.05, 0.1) is 0 Å². The van der Waals surface area contributed by atoms with Crippen molar-refractivity contribution in [2.45, 2.75) is 13.5 Å². The molecule has 0 spiro atoms. The van der Waals surface area contributed by atoms with Gasteiger partial charge in [-0.3, -0.25) is 9.78 Å². The van der Waals surface area contributed by atoms with Crippen LogP contribution in [0.25, 0.3) is 0 Å². The van der Waals surface area contributed by atoms with Crippen LogP contribution in [0, 0.1) is 6.92 Å². The number of hydrogen-bond donors (Lipinski definition) is 2. The molecule has 0 aliphatic heterocycles. The molecule has 1 aromatic carbocycles. The highest BCUT2D eigenvalue weighted by atomic mass is 16.1. The van der Waals surface area contributed by atoms with Crippen LogP contribution in [-0.2, 0) is 6.54 Å². The zero-order valence-corrected chi connectivity index (χ0v) is 11.1. The normalized spacial score (nSPS) is 10.0. The first-order chi connectivity index (χ1) is 9.20. The van der Waals surface area contributed by atoms with E-state index >= 15 is 0 Å². The van der Waals surface area contributed by atoms with E-state index < -0.39 is 0 Å². The number of carbonyl (C=O) groups is 1.